The van der Waals surface area contributed by atoms with Gasteiger partial charge in [-0.25, -0.2) is 5.01 Å². The summed E-state index contributed by atoms with van der Waals surface area (Å²) in [5.41, 5.74) is 0. The predicted molar refractivity (Wildman–Crippen MR) is 51.3 cm³/mol. The third kappa shape index (κ3) is 1.43. The van der Waals surface area contributed by atoms with Crippen LogP contribution in [-0.2, 0) is 9.59 Å². The molecule has 1 amide bonds. The fourth-order valence-electron chi connectivity index (χ4n) is 2.37. The van der Waals surface area contributed by atoms with Crippen molar-refractivity contribution >= 4 is 12.2 Å². The van der Waals surface area contributed by atoms with E-state index in [0.29, 0.717) is 18.4 Å². The predicted octanol–water partition coefficient (Wildman–Crippen LogP) is 0.433. The standard InChI is InChI=1S/C10H16N2O2/c1-11-9(8-3-2-4-8)7-10(14)12(11)5-6-13/h6,8-9H,2-5,7H2,1H3. The summed E-state index contributed by atoms with van der Waals surface area (Å²) in [6, 6.07) is 0.344. The van der Waals surface area contributed by atoms with Crippen LogP contribution in [-0.4, -0.2) is 41.8 Å². The van der Waals surface area contributed by atoms with Crippen LogP contribution in [0.25, 0.3) is 0 Å². The molecule has 0 bridgehead atoms. The number of amides is 1. The smallest absolute Gasteiger partial charge is 0.238 e. The summed E-state index contributed by atoms with van der Waals surface area (Å²) in [6.07, 6.45) is 5.14. The van der Waals surface area contributed by atoms with Gasteiger partial charge in [-0.15, -0.1) is 0 Å². The van der Waals surface area contributed by atoms with Crippen LogP contribution in [0.5, 0.6) is 0 Å². The molecule has 0 N–H and O–H groups in total. The average Bonchev–Trinajstić information content (AvgIpc) is 2.31. The van der Waals surface area contributed by atoms with Gasteiger partial charge in [0.15, 0.2) is 0 Å². The van der Waals surface area contributed by atoms with Gasteiger partial charge in [0.25, 0.3) is 0 Å². The highest BCUT2D eigenvalue weighted by atomic mass is 16.2. The first kappa shape index (κ1) is 9.65. The van der Waals surface area contributed by atoms with Crippen LogP contribution in [0.4, 0.5) is 0 Å². The second-order valence-corrected chi connectivity index (χ2v) is 4.18. The molecule has 1 unspecified atom stereocenters. The summed E-state index contributed by atoms with van der Waals surface area (Å²) in [5, 5.41) is 3.52. The number of aldehydes is 1. The first-order chi connectivity index (χ1) is 6.74. The van der Waals surface area contributed by atoms with Crippen molar-refractivity contribution in [2.24, 2.45) is 5.92 Å². The monoisotopic (exact) mass is 196 g/mol. The van der Waals surface area contributed by atoms with Gasteiger partial charge in [-0.2, -0.15) is 0 Å². The second kappa shape index (κ2) is 3.69. The van der Waals surface area contributed by atoms with Crippen LogP contribution in [0.15, 0.2) is 0 Å². The first-order valence-electron chi connectivity index (χ1n) is 5.20. The van der Waals surface area contributed by atoms with Crippen LogP contribution in [0.3, 0.4) is 0 Å². The van der Waals surface area contributed by atoms with Gasteiger partial charge in [0.05, 0.1) is 6.54 Å². The van der Waals surface area contributed by atoms with Crippen molar-refractivity contribution < 1.29 is 9.59 Å². The Hall–Kier alpha value is -0.900. The Morgan fingerprint density at radius 3 is 2.71 bits per heavy atom. The van der Waals surface area contributed by atoms with Crippen molar-refractivity contribution in [3.63, 3.8) is 0 Å². The maximum atomic E-state index is 11.6. The molecule has 0 aromatic rings. The highest BCUT2D eigenvalue weighted by molar-refractivity contribution is 5.80. The number of hydrazine groups is 1. The van der Waals surface area contributed by atoms with Gasteiger partial charge in [-0.1, -0.05) is 6.42 Å². The Kier molecular flexibility index (Phi) is 2.54. The van der Waals surface area contributed by atoms with E-state index in [9.17, 15) is 9.59 Å². The quantitative estimate of drug-likeness (QED) is 0.615. The van der Waals surface area contributed by atoms with E-state index in [1.165, 1.54) is 19.3 Å². The molecule has 0 aromatic heterocycles. The van der Waals surface area contributed by atoms with Crippen molar-refractivity contribution in [3.05, 3.63) is 0 Å². The van der Waals surface area contributed by atoms with E-state index in [1.54, 1.807) is 5.01 Å². The molecular formula is C10H16N2O2. The van der Waals surface area contributed by atoms with Gasteiger partial charge >= 0.3 is 0 Å². The van der Waals surface area contributed by atoms with Crippen LogP contribution < -0.4 is 0 Å². The zero-order valence-corrected chi connectivity index (χ0v) is 8.48. The first-order valence-corrected chi connectivity index (χ1v) is 5.20. The number of carbonyl (C=O) groups excluding carboxylic acids is 2. The topological polar surface area (TPSA) is 40.6 Å². The summed E-state index contributed by atoms with van der Waals surface area (Å²) in [5.74, 6) is 0.761. The van der Waals surface area contributed by atoms with Crippen molar-refractivity contribution in [3.8, 4) is 0 Å². The maximum absolute atomic E-state index is 11.6. The fraction of sp³-hybridized carbons (Fsp3) is 0.800. The molecule has 1 saturated carbocycles. The normalized spacial score (nSPS) is 29.4. The minimum atomic E-state index is 0.0940. The van der Waals surface area contributed by atoms with Crippen molar-refractivity contribution in [1.29, 1.82) is 0 Å². The summed E-state index contributed by atoms with van der Waals surface area (Å²) in [4.78, 5) is 21.9. The molecule has 1 heterocycles. The molecule has 1 saturated heterocycles. The lowest BCUT2D eigenvalue weighted by Crippen LogP contribution is -2.44. The highest BCUT2D eigenvalue weighted by Gasteiger charge is 2.41. The summed E-state index contributed by atoms with van der Waals surface area (Å²) in [6.45, 7) is 0.207. The van der Waals surface area contributed by atoms with Crippen LogP contribution >= 0.6 is 0 Å². The number of nitrogens with zero attached hydrogens (tertiary/aromatic N) is 2. The van der Waals surface area contributed by atoms with E-state index >= 15 is 0 Å². The summed E-state index contributed by atoms with van der Waals surface area (Å²) < 4.78 is 0. The lowest BCUT2D eigenvalue weighted by Gasteiger charge is -2.36. The summed E-state index contributed by atoms with van der Waals surface area (Å²) >= 11 is 0. The number of hydrogen-bond donors (Lipinski definition) is 0. The van der Waals surface area contributed by atoms with E-state index in [-0.39, 0.29) is 12.5 Å². The molecule has 0 spiro atoms. The van der Waals surface area contributed by atoms with Crippen LogP contribution in [0.1, 0.15) is 25.7 Å². The molecule has 2 rings (SSSR count). The Bertz CT molecular complexity index is 251. The second-order valence-electron chi connectivity index (χ2n) is 4.18. The van der Waals surface area contributed by atoms with E-state index in [4.69, 9.17) is 0 Å². The number of rotatable bonds is 3. The third-order valence-electron chi connectivity index (χ3n) is 3.47. The molecule has 14 heavy (non-hydrogen) atoms. The molecule has 2 aliphatic rings. The van der Waals surface area contributed by atoms with Gasteiger partial charge in [0, 0.05) is 19.5 Å². The van der Waals surface area contributed by atoms with E-state index in [2.05, 4.69) is 0 Å². The zero-order chi connectivity index (χ0) is 10.1. The SMILES string of the molecule is CN1C(C2CCC2)CC(=O)N1CC=O. The van der Waals surface area contributed by atoms with Crippen molar-refractivity contribution in [1.82, 2.24) is 10.0 Å². The molecule has 1 aliphatic carbocycles. The fourth-order valence-corrected chi connectivity index (χ4v) is 2.37. The Labute approximate surface area is 83.8 Å². The lowest BCUT2D eigenvalue weighted by molar-refractivity contribution is -0.140. The summed E-state index contributed by atoms with van der Waals surface area (Å²) in [7, 11) is 1.91. The van der Waals surface area contributed by atoms with Gasteiger partial charge in [0.1, 0.15) is 6.29 Å². The molecule has 1 atom stereocenters. The maximum Gasteiger partial charge on any atom is 0.238 e. The van der Waals surface area contributed by atoms with E-state index < -0.39 is 0 Å². The molecule has 0 radical (unpaired) electrons. The molecule has 4 nitrogen and oxygen atoms in total. The van der Waals surface area contributed by atoms with Crippen LogP contribution in [0, 0.1) is 5.92 Å². The third-order valence-corrected chi connectivity index (χ3v) is 3.47. The minimum Gasteiger partial charge on any atom is -0.301 e. The van der Waals surface area contributed by atoms with Gasteiger partial charge in [-0.05, 0) is 18.8 Å². The molecule has 78 valence electrons. The molecule has 2 fully saturated rings. The van der Waals surface area contributed by atoms with Gasteiger partial charge in [0.2, 0.25) is 5.91 Å². The molecule has 0 aromatic carbocycles. The Balaban J connectivity index is 2.01. The van der Waals surface area contributed by atoms with Gasteiger partial charge < -0.3 is 4.79 Å². The molecule has 4 heteroatoms. The molecule has 1 aliphatic heterocycles. The minimum absolute atomic E-state index is 0.0940. The largest absolute Gasteiger partial charge is 0.301 e. The number of carbonyl (C=O) groups is 2. The van der Waals surface area contributed by atoms with E-state index in [0.717, 1.165) is 6.29 Å². The average molecular weight is 196 g/mol. The highest BCUT2D eigenvalue weighted by Crippen LogP contribution is 2.36. The van der Waals surface area contributed by atoms with Crippen molar-refractivity contribution in [2.45, 2.75) is 31.7 Å². The van der Waals surface area contributed by atoms with Crippen molar-refractivity contribution in [2.75, 3.05) is 13.6 Å². The zero-order valence-electron chi connectivity index (χ0n) is 8.48. The Morgan fingerprint density at radius 2 is 2.21 bits per heavy atom. The molecular weight excluding hydrogens is 180 g/mol. The van der Waals surface area contributed by atoms with E-state index in [1.807, 2.05) is 12.1 Å². The Morgan fingerprint density at radius 1 is 1.50 bits per heavy atom. The lowest BCUT2D eigenvalue weighted by atomic mass is 9.79. The van der Waals surface area contributed by atoms with Gasteiger partial charge in [-0.3, -0.25) is 9.80 Å². The van der Waals surface area contributed by atoms with Crippen LogP contribution in [0.2, 0.25) is 0 Å². The number of hydrogen-bond acceptors (Lipinski definition) is 3.